The van der Waals surface area contributed by atoms with Crippen LogP contribution in [0.3, 0.4) is 0 Å². The van der Waals surface area contributed by atoms with Crippen LogP contribution >= 0.6 is 27.3 Å². The Morgan fingerprint density at radius 2 is 1.94 bits per heavy atom. The van der Waals surface area contributed by atoms with E-state index in [4.69, 9.17) is 0 Å². The van der Waals surface area contributed by atoms with Crippen molar-refractivity contribution in [1.29, 1.82) is 0 Å². The van der Waals surface area contributed by atoms with Crippen molar-refractivity contribution in [3.8, 4) is 0 Å². The Morgan fingerprint density at radius 3 is 2.50 bits per heavy atom. The fourth-order valence-corrected chi connectivity index (χ4v) is 3.34. The van der Waals surface area contributed by atoms with Gasteiger partial charge in [-0.15, -0.1) is 0 Å². The number of halogens is 1. The van der Waals surface area contributed by atoms with E-state index < -0.39 is 0 Å². The fraction of sp³-hybridized carbons (Fsp3) is 0.250. The van der Waals surface area contributed by atoms with Crippen LogP contribution in [0.25, 0.3) is 0 Å². The number of hydrogen-bond acceptors (Lipinski definition) is 3. The van der Waals surface area contributed by atoms with E-state index in [0.29, 0.717) is 6.04 Å². The molecule has 0 aliphatic heterocycles. The third-order valence-electron chi connectivity index (χ3n) is 2.86. The molecule has 82 valence electrons. The van der Waals surface area contributed by atoms with Gasteiger partial charge in [0.15, 0.2) is 5.13 Å². The first-order valence-electron chi connectivity index (χ1n) is 5.26. The number of nitrogens with zero attached hydrogens (tertiary/aromatic N) is 1. The molecule has 0 bridgehead atoms. The highest BCUT2D eigenvalue weighted by Gasteiger charge is 2.21. The second-order valence-electron chi connectivity index (χ2n) is 3.99. The van der Waals surface area contributed by atoms with E-state index >= 15 is 0 Å². The summed E-state index contributed by atoms with van der Waals surface area (Å²) in [6, 6.07) is 9.15. The van der Waals surface area contributed by atoms with Crippen LogP contribution in [0, 0.1) is 0 Å². The molecule has 0 spiro atoms. The first-order chi connectivity index (χ1) is 7.81. The molecule has 0 amide bonds. The van der Waals surface area contributed by atoms with E-state index in [1.54, 1.807) is 11.3 Å². The minimum absolute atomic E-state index is 0.496. The Labute approximate surface area is 107 Å². The predicted molar refractivity (Wildman–Crippen MR) is 71.1 cm³/mol. The lowest BCUT2D eigenvalue weighted by molar-refractivity contribution is 0.773. The van der Waals surface area contributed by atoms with Gasteiger partial charge in [-0.05, 0) is 39.9 Å². The van der Waals surface area contributed by atoms with Gasteiger partial charge in [-0.1, -0.05) is 35.6 Å². The molecule has 0 radical (unpaired) electrons. The Balaban J connectivity index is 1.72. The number of nitrogens with one attached hydrogen (secondary N) is 1. The summed E-state index contributed by atoms with van der Waals surface area (Å²) in [7, 11) is 0. The highest BCUT2D eigenvalue weighted by molar-refractivity contribution is 9.11. The Kier molecular flexibility index (Phi) is 2.69. The molecular weight excluding hydrogens is 284 g/mol. The highest BCUT2D eigenvalue weighted by Crippen LogP contribution is 2.28. The maximum Gasteiger partial charge on any atom is 0.183 e. The van der Waals surface area contributed by atoms with E-state index in [2.05, 4.69) is 50.5 Å². The minimum Gasteiger partial charge on any atom is -0.358 e. The summed E-state index contributed by atoms with van der Waals surface area (Å²) in [6.45, 7) is 0. The number of rotatable bonds is 2. The van der Waals surface area contributed by atoms with Gasteiger partial charge in [0.05, 0.1) is 9.98 Å². The molecule has 1 aromatic carbocycles. The lowest BCUT2D eigenvalue weighted by Gasteiger charge is -2.09. The molecular formula is C12H11BrN2S. The topological polar surface area (TPSA) is 24.9 Å². The number of benzene rings is 1. The molecule has 1 aliphatic rings. The van der Waals surface area contributed by atoms with Crippen molar-refractivity contribution in [2.75, 3.05) is 5.32 Å². The van der Waals surface area contributed by atoms with Gasteiger partial charge >= 0.3 is 0 Å². The maximum absolute atomic E-state index is 4.30. The van der Waals surface area contributed by atoms with Gasteiger partial charge in [0.1, 0.15) is 0 Å². The fourth-order valence-electron chi connectivity index (χ4n) is 2.16. The van der Waals surface area contributed by atoms with Crippen LogP contribution in [0.4, 0.5) is 5.13 Å². The molecule has 1 aromatic heterocycles. The maximum atomic E-state index is 4.30. The first kappa shape index (κ1) is 10.3. The summed E-state index contributed by atoms with van der Waals surface area (Å²) in [5.74, 6) is 0. The average molecular weight is 295 g/mol. The molecule has 2 nitrogen and oxygen atoms in total. The van der Waals surface area contributed by atoms with Gasteiger partial charge in [-0.25, -0.2) is 4.98 Å². The molecule has 0 atom stereocenters. The van der Waals surface area contributed by atoms with E-state index in [-0.39, 0.29) is 0 Å². The number of hydrogen-bond donors (Lipinski definition) is 1. The molecule has 0 saturated heterocycles. The SMILES string of the molecule is Brc1cnc(NC2Cc3ccccc3C2)s1. The largest absolute Gasteiger partial charge is 0.358 e. The normalized spacial score (nSPS) is 15.1. The molecule has 0 unspecified atom stereocenters. The van der Waals surface area contributed by atoms with Crippen molar-refractivity contribution < 1.29 is 0 Å². The molecule has 1 heterocycles. The molecule has 1 N–H and O–H groups in total. The Morgan fingerprint density at radius 1 is 1.25 bits per heavy atom. The first-order valence-corrected chi connectivity index (χ1v) is 6.87. The molecule has 16 heavy (non-hydrogen) atoms. The summed E-state index contributed by atoms with van der Waals surface area (Å²) in [5, 5.41) is 4.49. The van der Waals surface area contributed by atoms with Crippen molar-refractivity contribution in [3.05, 3.63) is 45.4 Å². The Hall–Kier alpha value is -0.870. The monoisotopic (exact) mass is 294 g/mol. The highest BCUT2D eigenvalue weighted by atomic mass is 79.9. The number of fused-ring (bicyclic) bond motifs is 1. The minimum atomic E-state index is 0.496. The van der Waals surface area contributed by atoms with E-state index in [9.17, 15) is 0 Å². The second kappa shape index (κ2) is 4.18. The van der Waals surface area contributed by atoms with Crippen molar-refractivity contribution in [2.24, 2.45) is 0 Å². The van der Waals surface area contributed by atoms with Gasteiger partial charge in [0.25, 0.3) is 0 Å². The van der Waals surface area contributed by atoms with Gasteiger partial charge in [-0.2, -0.15) is 0 Å². The summed E-state index contributed by atoms with van der Waals surface area (Å²) in [6.07, 6.45) is 4.05. The van der Waals surface area contributed by atoms with Crippen LogP contribution in [0.1, 0.15) is 11.1 Å². The lowest BCUT2D eigenvalue weighted by Crippen LogP contribution is -2.19. The van der Waals surface area contributed by atoms with Crippen molar-refractivity contribution in [1.82, 2.24) is 4.98 Å². The predicted octanol–water partition coefficient (Wildman–Crippen LogP) is 3.48. The zero-order chi connectivity index (χ0) is 11.0. The Bertz CT molecular complexity index is 484. The molecule has 0 fully saturated rings. The molecule has 1 aliphatic carbocycles. The number of thiazole rings is 1. The third kappa shape index (κ3) is 1.99. The summed E-state index contributed by atoms with van der Waals surface area (Å²) < 4.78 is 1.07. The second-order valence-corrected chi connectivity index (χ2v) is 6.40. The van der Waals surface area contributed by atoms with Crippen LogP contribution in [0.5, 0.6) is 0 Å². The van der Waals surface area contributed by atoms with Crippen LogP contribution in [0.15, 0.2) is 34.2 Å². The van der Waals surface area contributed by atoms with Gasteiger partial charge in [-0.3, -0.25) is 0 Å². The summed E-state index contributed by atoms with van der Waals surface area (Å²) in [4.78, 5) is 4.30. The van der Waals surface area contributed by atoms with Crippen LogP contribution in [-0.4, -0.2) is 11.0 Å². The molecule has 3 rings (SSSR count). The van der Waals surface area contributed by atoms with Gasteiger partial charge < -0.3 is 5.32 Å². The smallest absolute Gasteiger partial charge is 0.183 e. The van der Waals surface area contributed by atoms with Crippen molar-refractivity contribution >= 4 is 32.4 Å². The average Bonchev–Trinajstić information content (AvgIpc) is 2.84. The standard InChI is InChI=1S/C12H11BrN2S/c13-11-7-14-12(16-11)15-10-5-8-3-1-2-4-9(8)6-10/h1-4,7,10H,5-6H2,(H,14,15). The molecule has 4 heteroatoms. The van der Waals surface area contributed by atoms with Crippen molar-refractivity contribution in [2.45, 2.75) is 18.9 Å². The van der Waals surface area contributed by atoms with Crippen molar-refractivity contribution in [3.63, 3.8) is 0 Å². The quantitative estimate of drug-likeness (QED) is 0.917. The summed E-state index contributed by atoms with van der Waals surface area (Å²) in [5.41, 5.74) is 2.94. The number of anilines is 1. The summed E-state index contributed by atoms with van der Waals surface area (Å²) >= 11 is 5.07. The van der Waals surface area contributed by atoms with Crippen LogP contribution in [-0.2, 0) is 12.8 Å². The zero-order valence-corrected chi connectivity index (χ0v) is 11.0. The number of aromatic nitrogens is 1. The van der Waals surface area contributed by atoms with Crippen LogP contribution < -0.4 is 5.32 Å². The van der Waals surface area contributed by atoms with Gasteiger partial charge in [0.2, 0.25) is 0 Å². The third-order valence-corrected chi connectivity index (χ3v) is 4.26. The van der Waals surface area contributed by atoms with E-state index in [1.807, 2.05) is 6.20 Å². The van der Waals surface area contributed by atoms with Gasteiger partial charge in [0, 0.05) is 6.04 Å². The van der Waals surface area contributed by atoms with E-state index in [0.717, 1.165) is 21.8 Å². The zero-order valence-electron chi connectivity index (χ0n) is 8.61. The molecule has 0 saturated carbocycles. The van der Waals surface area contributed by atoms with Crippen LogP contribution in [0.2, 0.25) is 0 Å². The lowest BCUT2D eigenvalue weighted by atomic mass is 10.1. The van der Waals surface area contributed by atoms with E-state index in [1.165, 1.54) is 11.1 Å². The molecule has 2 aromatic rings.